The van der Waals surface area contributed by atoms with Gasteiger partial charge in [0, 0.05) is 5.02 Å². The molecular weight excluding hydrogens is 260 g/mol. The van der Waals surface area contributed by atoms with E-state index in [1.54, 1.807) is 4.82 Å². The molecule has 0 N–H and O–H groups in total. The van der Waals surface area contributed by atoms with Crippen LogP contribution in [0.25, 0.3) is 6.08 Å². The summed E-state index contributed by atoms with van der Waals surface area (Å²) < 4.78 is 0. The summed E-state index contributed by atoms with van der Waals surface area (Å²) in [6.45, 7) is 14.5. The fourth-order valence-corrected chi connectivity index (χ4v) is 12.7. The first-order valence-corrected chi connectivity index (χ1v) is 13.5. The SMILES string of the molecule is C[Si](C)(C)C(=Cc1ccccc1Cl)[Si](C)(C)C. The average molecular weight is 283 g/mol. The molecule has 0 aliphatic heterocycles. The molecule has 0 radical (unpaired) electrons. The third-order valence-electron chi connectivity index (χ3n) is 2.82. The molecule has 0 atom stereocenters. The molecule has 0 aromatic heterocycles. The molecule has 0 spiro atoms. The lowest BCUT2D eigenvalue weighted by molar-refractivity contribution is 1.61. The Balaban J connectivity index is 3.30. The molecule has 0 unspecified atom stereocenters. The average Bonchev–Trinajstić information content (AvgIpc) is 2.12. The van der Waals surface area contributed by atoms with Crippen molar-refractivity contribution in [1.29, 1.82) is 0 Å². The minimum absolute atomic E-state index is 0.863. The van der Waals surface area contributed by atoms with Gasteiger partial charge in [-0.25, -0.2) is 0 Å². The monoisotopic (exact) mass is 282 g/mol. The summed E-state index contributed by atoms with van der Waals surface area (Å²) in [5.41, 5.74) is 1.18. The van der Waals surface area contributed by atoms with Gasteiger partial charge in [0.2, 0.25) is 0 Å². The van der Waals surface area contributed by atoms with Crippen LogP contribution >= 0.6 is 11.6 Å². The van der Waals surface area contributed by atoms with Crippen molar-refractivity contribution in [3.8, 4) is 0 Å². The van der Waals surface area contributed by atoms with Crippen molar-refractivity contribution in [1.82, 2.24) is 0 Å². The van der Waals surface area contributed by atoms with Crippen molar-refractivity contribution in [3.05, 3.63) is 39.7 Å². The second-order valence-electron chi connectivity index (χ2n) is 6.58. The molecule has 0 aliphatic carbocycles. The van der Waals surface area contributed by atoms with Gasteiger partial charge in [0.25, 0.3) is 0 Å². The summed E-state index contributed by atoms with van der Waals surface area (Å²) in [4.78, 5) is 1.69. The highest BCUT2D eigenvalue weighted by Gasteiger charge is 2.30. The van der Waals surface area contributed by atoms with Crippen LogP contribution < -0.4 is 0 Å². The van der Waals surface area contributed by atoms with Crippen molar-refractivity contribution in [2.75, 3.05) is 0 Å². The van der Waals surface area contributed by atoms with E-state index in [2.05, 4.69) is 57.5 Å². The van der Waals surface area contributed by atoms with Crippen molar-refractivity contribution in [2.45, 2.75) is 39.3 Å². The number of benzene rings is 1. The third-order valence-corrected chi connectivity index (χ3v) is 11.2. The Labute approximate surface area is 113 Å². The van der Waals surface area contributed by atoms with Crippen LogP contribution in [0.5, 0.6) is 0 Å². The van der Waals surface area contributed by atoms with Crippen LogP contribution in [-0.4, -0.2) is 16.1 Å². The van der Waals surface area contributed by atoms with Gasteiger partial charge in [0.05, 0.1) is 16.1 Å². The molecule has 0 fully saturated rings. The Hall–Kier alpha value is -0.316. The Morgan fingerprint density at radius 3 is 1.82 bits per heavy atom. The minimum Gasteiger partial charge on any atom is -0.0905 e. The molecule has 0 saturated heterocycles. The molecular formula is C14H23ClSi2. The van der Waals surface area contributed by atoms with Gasteiger partial charge in [-0.05, 0) is 11.6 Å². The van der Waals surface area contributed by atoms with E-state index in [1.807, 2.05) is 12.1 Å². The van der Waals surface area contributed by atoms with Gasteiger partial charge >= 0.3 is 0 Å². The van der Waals surface area contributed by atoms with Crippen molar-refractivity contribution in [3.63, 3.8) is 0 Å². The molecule has 3 heteroatoms. The standard InChI is InChI=1S/C14H23ClSi2/c1-16(2,3)14(17(4,5)6)11-12-9-7-8-10-13(12)15/h7-11H,1-6H3. The lowest BCUT2D eigenvalue weighted by Crippen LogP contribution is -2.39. The van der Waals surface area contributed by atoms with Crippen LogP contribution in [0.4, 0.5) is 0 Å². The highest BCUT2D eigenvalue weighted by molar-refractivity contribution is 7.05. The predicted octanol–water partition coefficient (Wildman–Crippen LogP) is 5.48. The van der Waals surface area contributed by atoms with E-state index in [0.29, 0.717) is 0 Å². The van der Waals surface area contributed by atoms with Crippen molar-refractivity contribution >= 4 is 33.8 Å². The zero-order valence-electron chi connectivity index (χ0n) is 11.8. The second kappa shape index (κ2) is 5.13. The summed E-state index contributed by atoms with van der Waals surface area (Å²) in [5.74, 6) is 0. The van der Waals surface area contributed by atoms with Crippen molar-refractivity contribution in [2.24, 2.45) is 0 Å². The number of hydrogen-bond acceptors (Lipinski definition) is 0. The van der Waals surface area contributed by atoms with E-state index in [4.69, 9.17) is 11.6 Å². The van der Waals surface area contributed by atoms with Gasteiger partial charge in [-0.15, -0.1) is 0 Å². The Morgan fingerprint density at radius 1 is 0.941 bits per heavy atom. The molecule has 0 nitrogen and oxygen atoms in total. The quantitative estimate of drug-likeness (QED) is 0.644. The zero-order chi connectivity index (χ0) is 13.3. The van der Waals surface area contributed by atoms with E-state index < -0.39 is 16.1 Å². The fourth-order valence-electron chi connectivity index (χ4n) is 2.31. The number of halogens is 1. The molecule has 1 aromatic carbocycles. The normalized spacial score (nSPS) is 12.4. The van der Waals surface area contributed by atoms with Crippen LogP contribution in [-0.2, 0) is 0 Å². The second-order valence-corrected chi connectivity index (χ2v) is 17.6. The molecule has 17 heavy (non-hydrogen) atoms. The highest BCUT2D eigenvalue weighted by atomic mass is 35.5. The summed E-state index contributed by atoms with van der Waals surface area (Å²) in [6, 6.07) is 8.13. The molecule has 94 valence electrons. The molecule has 1 aromatic rings. The topological polar surface area (TPSA) is 0 Å². The first-order chi connectivity index (χ1) is 7.62. The molecule has 0 saturated carbocycles. The van der Waals surface area contributed by atoms with Gasteiger partial charge in [-0.1, -0.05) is 80.0 Å². The molecule has 0 bridgehead atoms. The molecule has 0 heterocycles. The Bertz CT molecular complexity index is 407. The first-order valence-electron chi connectivity index (χ1n) is 6.09. The van der Waals surface area contributed by atoms with Gasteiger partial charge < -0.3 is 0 Å². The maximum absolute atomic E-state index is 6.25. The number of hydrogen-bond donors (Lipinski definition) is 0. The van der Waals surface area contributed by atoms with Crippen LogP contribution in [0, 0.1) is 0 Å². The lowest BCUT2D eigenvalue weighted by Gasteiger charge is -2.31. The highest BCUT2D eigenvalue weighted by Crippen LogP contribution is 2.29. The smallest absolute Gasteiger partial charge is 0.0682 e. The van der Waals surface area contributed by atoms with E-state index in [0.717, 1.165) is 5.02 Å². The van der Waals surface area contributed by atoms with Crippen LogP contribution in [0.3, 0.4) is 0 Å². The Morgan fingerprint density at radius 2 is 1.41 bits per heavy atom. The van der Waals surface area contributed by atoms with Crippen molar-refractivity contribution < 1.29 is 0 Å². The first kappa shape index (κ1) is 14.7. The van der Waals surface area contributed by atoms with Gasteiger partial charge in [-0.3, -0.25) is 0 Å². The predicted molar refractivity (Wildman–Crippen MR) is 86.1 cm³/mol. The molecule has 1 rings (SSSR count). The van der Waals surface area contributed by atoms with E-state index in [1.165, 1.54) is 5.56 Å². The van der Waals surface area contributed by atoms with Crippen LogP contribution in [0.15, 0.2) is 29.1 Å². The Kier molecular flexibility index (Phi) is 4.45. The maximum Gasteiger partial charge on any atom is 0.0682 e. The summed E-state index contributed by atoms with van der Waals surface area (Å²) in [7, 11) is -2.53. The van der Waals surface area contributed by atoms with E-state index in [-0.39, 0.29) is 0 Å². The van der Waals surface area contributed by atoms with Gasteiger partial charge in [0.1, 0.15) is 0 Å². The molecule has 0 aliphatic rings. The fraction of sp³-hybridized carbons (Fsp3) is 0.429. The van der Waals surface area contributed by atoms with Crippen LogP contribution in [0.2, 0.25) is 44.3 Å². The summed E-state index contributed by atoms with van der Waals surface area (Å²) in [5, 5.41) is 0.863. The van der Waals surface area contributed by atoms with Crippen LogP contribution in [0.1, 0.15) is 5.56 Å². The lowest BCUT2D eigenvalue weighted by atomic mass is 10.2. The third kappa shape index (κ3) is 4.12. The van der Waals surface area contributed by atoms with Gasteiger partial charge in [-0.2, -0.15) is 0 Å². The summed E-state index contributed by atoms with van der Waals surface area (Å²) in [6.07, 6.45) is 2.36. The van der Waals surface area contributed by atoms with Gasteiger partial charge in [0.15, 0.2) is 0 Å². The zero-order valence-corrected chi connectivity index (χ0v) is 14.5. The largest absolute Gasteiger partial charge is 0.0905 e. The number of rotatable bonds is 3. The van der Waals surface area contributed by atoms with E-state index in [9.17, 15) is 0 Å². The molecule has 0 amide bonds. The summed E-state index contributed by atoms with van der Waals surface area (Å²) >= 11 is 6.25. The minimum atomic E-state index is -1.26. The maximum atomic E-state index is 6.25. The van der Waals surface area contributed by atoms with E-state index >= 15 is 0 Å².